The number of nitrogens with two attached hydrogens (primary N) is 1. The Hall–Kier alpha value is -2.83. The van der Waals surface area contributed by atoms with Crippen LogP contribution in [0.1, 0.15) is 35.6 Å². The third-order valence-corrected chi connectivity index (χ3v) is 5.29. The molecular weight excluding hydrogens is 358 g/mol. The van der Waals surface area contributed by atoms with Crippen LogP contribution >= 0.6 is 0 Å². The van der Waals surface area contributed by atoms with Crippen LogP contribution in [-0.4, -0.2) is 22.9 Å². The van der Waals surface area contributed by atoms with E-state index in [1.807, 2.05) is 0 Å². The number of nitrogen functional groups attached to an aromatic ring is 1. The Morgan fingerprint density at radius 3 is 2.57 bits per heavy atom. The Bertz CT molecular complexity index is 1060. The molecule has 0 saturated carbocycles. The number of benzene rings is 2. The van der Waals surface area contributed by atoms with Gasteiger partial charge in [-0.3, -0.25) is 0 Å². The maximum atomic E-state index is 12.3. The molecule has 2 aromatic carbocycles. The minimum Gasteiger partial charge on any atom is -0.489 e. The van der Waals surface area contributed by atoms with Gasteiger partial charge in [0.05, 0.1) is 5.69 Å². The second kappa shape index (κ2) is 7.66. The second-order valence-corrected chi connectivity index (χ2v) is 7.14. The molecule has 0 aliphatic heterocycles. The van der Waals surface area contributed by atoms with E-state index in [-0.39, 0.29) is 12.2 Å². The van der Waals surface area contributed by atoms with Crippen molar-refractivity contribution in [3.05, 3.63) is 69.6 Å². The summed E-state index contributed by atoms with van der Waals surface area (Å²) in [6, 6.07) is 12.2. The number of aryl methyl sites for hydroxylation is 1. The van der Waals surface area contributed by atoms with Gasteiger partial charge < -0.3 is 25.1 Å². The molecule has 3 aromatic rings. The van der Waals surface area contributed by atoms with E-state index < -0.39 is 12.2 Å². The minimum atomic E-state index is -1.19. The number of para-hydroxylation sites is 2. The first-order chi connectivity index (χ1) is 13.6. The van der Waals surface area contributed by atoms with Crippen molar-refractivity contribution in [2.24, 2.45) is 0 Å². The molecule has 1 aliphatic rings. The van der Waals surface area contributed by atoms with Crippen LogP contribution in [0.25, 0.3) is 11.0 Å². The van der Waals surface area contributed by atoms with Gasteiger partial charge in [-0.1, -0.05) is 24.3 Å². The number of anilines is 1. The SMILES string of the molecule is Nc1ccccc1OCC(O)C(O)c1cccc2oc(=O)c3c(c12)CCCC3. The van der Waals surface area contributed by atoms with Crippen LogP contribution < -0.4 is 16.1 Å². The number of hydrogen-bond acceptors (Lipinski definition) is 6. The van der Waals surface area contributed by atoms with Crippen molar-refractivity contribution in [3.63, 3.8) is 0 Å². The molecule has 1 aliphatic carbocycles. The Kier molecular flexibility index (Phi) is 5.07. The fourth-order valence-corrected chi connectivity index (χ4v) is 3.86. The second-order valence-electron chi connectivity index (χ2n) is 7.14. The summed E-state index contributed by atoms with van der Waals surface area (Å²) in [5.74, 6) is 0.454. The van der Waals surface area contributed by atoms with Crippen molar-refractivity contribution in [3.8, 4) is 5.75 Å². The highest BCUT2D eigenvalue weighted by atomic mass is 16.5. The smallest absolute Gasteiger partial charge is 0.339 e. The lowest BCUT2D eigenvalue weighted by atomic mass is 9.87. The molecule has 0 fully saturated rings. The first-order valence-corrected chi connectivity index (χ1v) is 9.47. The van der Waals surface area contributed by atoms with Gasteiger partial charge in [-0.25, -0.2) is 4.79 Å². The number of rotatable bonds is 5. The van der Waals surface area contributed by atoms with Gasteiger partial charge in [0.15, 0.2) is 0 Å². The Morgan fingerprint density at radius 2 is 1.79 bits per heavy atom. The largest absolute Gasteiger partial charge is 0.489 e. The molecule has 6 heteroatoms. The van der Waals surface area contributed by atoms with Crippen LogP contribution in [0.3, 0.4) is 0 Å². The summed E-state index contributed by atoms with van der Waals surface area (Å²) >= 11 is 0. The van der Waals surface area contributed by atoms with Crippen molar-refractivity contribution in [1.29, 1.82) is 0 Å². The first-order valence-electron chi connectivity index (χ1n) is 9.47. The van der Waals surface area contributed by atoms with Crippen LogP contribution in [-0.2, 0) is 12.8 Å². The van der Waals surface area contributed by atoms with Gasteiger partial charge in [0.2, 0.25) is 0 Å². The third-order valence-electron chi connectivity index (χ3n) is 5.29. The van der Waals surface area contributed by atoms with Crippen molar-refractivity contribution in [1.82, 2.24) is 0 Å². The molecule has 6 nitrogen and oxygen atoms in total. The molecule has 4 N–H and O–H groups in total. The monoisotopic (exact) mass is 381 g/mol. The summed E-state index contributed by atoms with van der Waals surface area (Å²) in [7, 11) is 0. The summed E-state index contributed by atoms with van der Waals surface area (Å²) in [6.07, 6.45) is 1.01. The Labute approximate surface area is 162 Å². The summed E-state index contributed by atoms with van der Waals surface area (Å²) in [5, 5.41) is 22.1. The molecule has 0 radical (unpaired) electrons. The van der Waals surface area contributed by atoms with Gasteiger partial charge in [0, 0.05) is 10.9 Å². The third kappa shape index (κ3) is 3.37. The van der Waals surface area contributed by atoms with Gasteiger partial charge >= 0.3 is 5.63 Å². The Morgan fingerprint density at radius 1 is 1.04 bits per heavy atom. The summed E-state index contributed by atoms with van der Waals surface area (Å²) < 4.78 is 11.1. The fourth-order valence-electron chi connectivity index (χ4n) is 3.86. The van der Waals surface area contributed by atoms with E-state index in [9.17, 15) is 15.0 Å². The number of hydrogen-bond donors (Lipinski definition) is 3. The van der Waals surface area contributed by atoms with Gasteiger partial charge in [0.1, 0.15) is 30.1 Å². The number of fused-ring (bicyclic) bond motifs is 3. The summed E-state index contributed by atoms with van der Waals surface area (Å²) in [6.45, 7) is -0.120. The van der Waals surface area contributed by atoms with Crippen LogP contribution in [0.2, 0.25) is 0 Å². The normalized spacial score (nSPS) is 15.8. The van der Waals surface area contributed by atoms with E-state index in [0.717, 1.165) is 30.2 Å². The minimum absolute atomic E-state index is 0.120. The molecule has 0 bridgehead atoms. The first kappa shape index (κ1) is 18.5. The average molecular weight is 381 g/mol. The van der Waals surface area contributed by atoms with E-state index in [1.54, 1.807) is 42.5 Å². The lowest BCUT2D eigenvalue weighted by molar-refractivity contribution is -0.00817. The van der Waals surface area contributed by atoms with Crippen molar-refractivity contribution < 1.29 is 19.4 Å². The predicted octanol–water partition coefficient (Wildman–Crippen LogP) is 2.73. The maximum Gasteiger partial charge on any atom is 0.339 e. The van der Waals surface area contributed by atoms with Gasteiger partial charge in [-0.15, -0.1) is 0 Å². The quantitative estimate of drug-likeness (QED) is 0.463. The zero-order valence-corrected chi connectivity index (χ0v) is 15.4. The molecule has 2 unspecified atom stereocenters. The fraction of sp³-hybridized carbons (Fsp3) is 0.318. The molecule has 0 amide bonds. The number of ether oxygens (including phenoxy) is 1. The highest BCUT2D eigenvalue weighted by Gasteiger charge is 2.26. The van der Waals surface area contributed by atoms with E-state index in [0.29, 0.717) is 34.6 Å². The number of aliphatic hydroxyl groups excluding tert-OH is 2. The standard InChI is InChI=1S/C22H23NO5/c23-16-9-3-4-10-18(16)27-12-17(24)21(25)15-8-5-11-19-20(15)13-6-1-2-7-14(13)22(26)28-19/h3-5,8-11,17,21,24-25H,1-2,6-7,12,23H2. The lowest BCUT2D eigenvalue weighted by Gasteiger charge is -2.23. The molecular formula is C22H23NO5. The van der Waals surface area contributed by atoms with Gasteiger partial charge in [0.25, 0.3) is 0 Å². The zero-order chi connectivity index (χ0) is 19.7. The zero-order valence-electron chi connectivity index (χ0n) is 15.4. The van der Waals surface area contributed by atoms with E-state index in [4.69, 9.17) is 14.9 Å². The van der Waals surface area contributed by atoms with Gasteiger partial charge in [-0.05, 0) is 55.0 Å². The summed E-state index contributed by atoms with van der Waals surface area (Å²) in [5.41, 5.74) is 8.58. The van der Waals surface area contributed by atoms with Gasteiger partial charge in [-0.2, -0.15) is 0 Å². The maximum absolute atomic E-state index is 12.3. The van der Waals surface area contributed by atoms with Crippen molar-refractivity contribution in [2.45, 2.75) is 37.9 Å². The van der Waals surface area contributed by atoms with Crippen molar-refractivity contribution in [2.75, 3.05) is 12.3 Å². The molecule has 146 valence electrons. The molecule has 0 spiro atoms. The highest BCUT2D eigenvalue weighted by molar-refractivity contribution is 5.85. The molecule has 4 rings (SSSR count). The highest BCUT2D eigenvalue weighted by Crippen LogP contribution is 2.33. The summed E-state index contributed by atoms with van der Waals surface area (Å²) in [4.78, 5) is 12.3. The van der Waals surface area contributed by atoms with Crippen LogP contribution in [0.4, 0.5) is 5.69 Å². The molecule has 1 aromatic heterocycles. The van der Waals surface area contributed by atoms with Crippen molar-refractivity contribution >= 4 is 16.7 Å². The van der Waals surface area contributed by atoms with E-state index >= 15 is 0 Å². The molecule has 2 atom stereocenters. The van der Waals surface area contributed by atoms with Crippen LogP contribution in [0, 0.1) is 0 Å². The average Bonchev–Trinajstić information content (AvgIpc) is 2.72. The molecule has 0 saturated heterocycles. The van der Waals surface area contributed by atoms with E-state index in [1.165, 1.54) is 0 Å². The molecule has 28 heavy (non-hydrogen) atoms. The topological polar surface area (TPSA) is 106 Å². The Balaban J connectivity index is 1.66. The van der Waals surface area contributed by atoms with Crippen LogP contribution in [0.5, 0.6) is 5.75 Å². The van der Waals surface area contributed by atoms with Crippen LogP contribution in [0.15, 0.2) is 51.7 Å². The predicted molar refractivity (Wildman–Crippen MR) is 106 cm³/mol. The van der Waals surface area contributed by atoms with E-state index in [2.05, 4.69) is 0 Å². The molecule has 1 heterocycles. The number of aliphatic hydroxyl groups is 2. The lowest BCUT2D eigenvalue weighted by Crippen LogP contribution is -2.26.